The molecule has 0 saturated heterocycles. The molecule has 0 radical (unpaired) electrons. The Kier molecular flexibility index (Phi) is 3.14. The first-order valence-corrected chi connectivity index (χ1v) is 6.73. The maximum Gasteiger partial charge on any atom is 0.251 e. The van der Waals surface area contributed by atoms with Crippen LogP contribution in [0.3, 0.4) is 0 Å². The number of nitrogens with one attached hydrogen (secondary N) is 1. The number of rotatable bonds is 3. The maximum absolute atomic E-state index is 12.3. The smallest absolute Gasteiger partial charge is 0.251 e. The van der Waals surface area contributed by atoms with Gasteiger partial charge in [-0.15, -0.1) is 0 Å². The second-order valence-electron chi connectivity index (χ2n) is 4.83. The highest BCUT2D eigenvalue weighted by Crippen LogP contribution is 2.19. The molecule has 2 aromatic rings. The molecular weight excluding hydrogens is 254 g/mol. The van der Waals surface area contributed by atoms with Gasteiger partial charge in [0.15, 0.2) is 5.76 Å². The van der Waals surface area contributed by atoms with Crippen LogP contribution in [0.1, 0.15) is 44.7 Å². The Bertz CT molecular complexity index is 685. The fourth-order valence-corrected chi connectivity index (χ4v) is 2.39. The van der Waals surface area contributed by atoms with Crippen molar-refractivity contribution in [2.24, 2.45) is 0 Å². The molecule has 3 rings (SSSR count). The van der Waals surface area contributed by atoms with Gasteiger partial charge in [0.1, 0.15) is 5.76 Å². The lowest BCUT2D eigenvalue weighted by Gasteiger charge is -2.16. The SMILES string of the molecule is CCc1ccc(C(=O)c2ccc3c(c2)C(=O)NCC3)o1. The number of amides is 1. The highest BCUT2D eigenvalue weighted by atomic mass is 16.3. The van der Waals surface area contributed by atoms with Crippen molar-refractivity contribution in [2.45, 2.75) is 19.8 Å². The van der Waals surface area contributed by atoms with Gasteiger partial charge in [0.05, 0.1) is 0 Å². The standard InChI is InChI=1S/C16H15NO3/c1-2-12-5-6-14(20-12)15(18)11-4-3-10-7-8-17-16(19)13(10)9-11/h3-6,9H,2,7-8H2,1H3,(H,17,19). The third-order valence-electron chi connectivity index (χ3n) is 3.53. The average molecular weight is 269 g/mol. The first kappa shape index (κ1) is 12.7. The van der Waals surface area contributed by atoms with Crippen LogP contribution in [0.25, 0.3) is 0 Å². The van der Waals surface area contributed by atoms with Crippen LogP contribution in [0.4, 0.5) is 0 Å². The topological polar surface area (TPSA) is 59.3 Å². The van der Waals surface area contributed by atoms with Crippen LogP contribution in [-0.4, -0.2) is 18.2 Å². The summed E-state index contributed by atoms with van der Waals surface area (Å²) in [6.45, 7) is 2.62. The number of aryl methyl sites for hydroxylation is 1. The average Bonchev–Trinajstić information content (AvgIpc) is 2.95. The zero-order valence-corrected chi connectivity index (χ0v) is 11.2. The lowest BCUT2D eigenvalue weighted by molar-refractivity contribution is 0.0946. The van der Waals surface area contributed by atoms with Gasteiger partial charge in [-0.25, -0.2) is 0 Å². The van der Waals surface area contributed by atoms with E-state index in [1.54, 1.807) is 24.3 Å². The highest BCUT2D eigenvalue weighted by Gasteiger charge is 2.20. The second-order valence-corrected chi connectivity index (χ2v) is 4.83. The summed E-state index contributed by atoms with van der Waals surface area (Å²) in [4.78, 5) is 24.1. The third-order valence-corrected chi connectivity index (χ3v) is 3.53. The van der Waals surface area contributed by atoms with E-state index in [0.29, 0.717) is 23.4 Å². The molecule has 1 aliphatic heterocycles. The van der Waals surface area contributed by atoms with Crippen molar-refractivity contribution in [3.8, 4) is 0 Å². The molecule has 102 valence electrons. The molecule has 4 heteroatoms. The fourth-order valence-electron chi connectivity index (χ4n) is 2.39. The summed E-state index contributed by atoms with van der Waals surface area (Å²) in [6.07, 6.45) is 1.55. The molecule has 0 aliphatic carbocycles. The summed E-state index contributed by atoms with van der Waals surface area (Å²) in [7, 11) is 0. The Morgan fingerprint density at radius 1 is 1.30 bits per heavy atom. The molecule has 1 N–H and O–H groups in total. The van der Waals surface area contributed by atoms with E-state index in [1.807, 2.05) is 13.0 Å². The van der Waals surface area contributed by atoms with Crippen LogP contribution < -0.4 is 5.32 Å². The van der Waals surface area contributed by atoms with Gasteiger partial charge in [-0.2, -0.15) is 0 Å². The fraction of sp³-hybridized carbons (Fsp3) is 0.250. The summed E-state index contributed by atoms with van der Waals surface area (Å²) >= 11 is 0. The number of carbonyl (C=O) groups excluding carboxylic acids is 2. The largest absolute Gasteiger partial charge is 0.458 e. The van der Waals surface area contributed by atoms with Crippen LogP contribution in [0.2, 0.25) is 0 Å². The van der Waals surface area contributed by atoms with Gasteiger partial charge in [0.25, 0.3) is 5.91 Å². The molecule has 20 heavy (non-hydrogen) atoms. The minimum atomic E-state index is -0.189. The van der Waals surface area contributed by atoms with Crippen LogP contribution in [0, 0.1) is 0 Å². The van der Waals surface area contributed by atoms with Crippen molar-refractivity contribution >= 4 is 11.7 Å². The molecule has 0 spiro atoms. The normalized spacial score (nSPS) is 13.8. The van der Waals surface area contributed by atoms with Gasteiger partial charge in [-0.05, 0) is 30.2 Å². The van der Waals surface area contributed by atoms with Gasteiger partial charge in [-0.1, -0.05) is 19.1 Å². The van der Waals surface area contributed by atoms with Crippen LogP contribution in [0.5, 0.6) is 0 Å². The molecule has 1 aromatic carbocycles. The van der Waals surface area contributed by atoms with Crippen molar-refractivity contribution in [2.75, 3.05) is 6.54 Å². The minimum absolute atomic E-state index is 0.116. The van der Waals surface area contributed by atoms with E-state index in [9.17, 15) is 9.59 Å². The van der Waals surface area contributed by atoms with E-state index in [-0.39, 0.29) is 11.7 Å². The summed E-state index contributed by atoms with van der Waals surface area (Å²) < 4.78 is 5.47. The zero-order valence-electron chi connectivity index (χ0n) is 11.2. The Labute approximate surface area is 116 Å². The van der Waals surface area contributed by atoms with E-state index >= 15 is 0 Å². The lowest BCUT2D eigenvalue weighted by atomic mass is 9.96. The molecule has 1 amide bonds. The lowest BCUT2D eigenvalue weighted by Crippen LogP contribution is -2.32. The van der Waals surface area contributed by atoms with Crippen LogP contribution in [0.15, 0.2) is 34.7 Å². The number of carbonyl (C=O) groups is 2. The van der Waals surface area contributed by atoms with Gasteiger partial charge in [-0.3, -0.25) is 9.59 Å². The monoisotopic (exact) mass is 269 g/mol. The molecule has 0 atom stereocenters. The molecule has 1 aromatic heterocycles. The van der Waals surface area contributed by atoms with Gasteiger partial charge < -0.3 is 9.73 Å². The Morgan fingerprint density at radius 3 is 2.90 bits per heavy atom. The Morgan fingerprint density at radius 2 is 2.15 bits per heavy atom. The van der Waals surface area contributed by atoms with Crippen molar-refractivity contribution in [1.82, 2.24) is 5.32 Å². The predicted molar refractivity (Wildman–Crippen MR) is 74.0 cm³/mol. The van der Waals surface area contributed by atoms with Gasteiger partial charge in [0.2, 0.25) is 5.78 Å². The van der Waals surface area contributed by atoms with Crippen LogP contribution >= 0.6 is 0 Å². The second kappa shape index (κ2) is 4.96. The molecule has 0 saturated carbocycles. The van der Waals surface area contributed by atoms with E-state index in [1.165, 1.54) is 0 Å². The molecule has 4 nitrogen and oxygen atoms in total. The first-order chi connectivity index (χ1) is 9.69. The van der Waals surface area contributed by atoms with E-state index in [4.69, 9.17) is 4.42 Å². The van der Waals surface area contributed by atoms with Crippen LogP contribution in [-0.2, 0) is 12.8 Å². The number of hydrogen-bond acceptors (Lipinski definition) is 3. The number of fused-ring (bicyclic) bond motifs is 1. The Balaban J connectivity index is 1.96. The van der Waals surface area contributed by atoms with E-state index < -0.39 is 0 Å². The van der Waals surface area contributed by atoms with Crippen molar-refractivity contribution in [3.05, 3.63) is 58.5 Å². The maximum atomic E-state index is 12.3. The van der Waals surface area contributed by atoms with Crippen molar-refractivity contribution in [3.63, 3.8) is 0 Å². The van der Waals surface area contributed by atoms with Crippen molar-refractivity contribution in [1.29, 1.82) is 0 Å². The predicted octanol–water partition coefficient (Wildman–Crippen LogP) is 2.36. The molecule has 0 fully saturated rings. The summed E-state index contributed by atoms with van der Waals surface area (Å²) in [5.74, 6) is 0.794. The number of hydrogen-bond donors (Lipinski definition) is 1. The highest BCUT2D eigenvalue weighted by molar-refractivity contribution is 6.09. The summed E-state index contributed by atoms with van der Waals surface area (Å²) in [6, 6.07) is 8.75. The van der Waals surface area contributed by atoms with Crippen molar-refractivity contribution < 1.29 is 14.0 Å². The molecule has 0 unspecified atom stereocenters. The molecule has 2 heterocycles. The van der Waals surface area contributed by atoms with E-state index in [0.717, 1.165) is 24.2 Å². The summed E-state index contributed by atoms with van der Waals surface area (Å²) in [5.41, 5.74) is 2.06. The number of ketones is 1. The molecule has 1 aliphatic rings. The van der Waals surface area contributed by atoms with Gasteiger partial charge in [0, 0.05) is 24.1 Å². The zero-order chi connectivity index (χ0) is 14.1. The number of furan rings is 1. The minimum Gasteiger partial charge on any atom is -0.458 e. The first-order valence-electron chi connectivity index (χ1n) is 6.73. The third kappa shape index (κ3) is 2.13. The van der Waals surface area contributed by atoms with E-state index in [2.05, 4.69) is 5.32 Å². The quantitative estimate of drug-likeness (QED) is 0.870. The van der Waals surface area contributed by atoms with Gasteiger partial charge >= 0.3 is 0 Å². The Hall–Kier alpha value is -2.36. The summed E-state index contributed by atoms with van der Waals surface area (Å²) in [5, 5.41) is 2.78. The number of benzene rings is 1. The molecule has 0 bridgehead atoms. The molecular formula is C16H15NO3.